The van der Waals surface area contributed by atoms with Gasteiger partial charge in [0.25, 0.3) is 0 Å². The molecule has 5 nitrogen and oxygen atoms in total. The van der Waals surface area contributed by atoms with E-state index < -0.39 is 0 Å². The Morgan fingerprint density at radius 3 is 2.74 bits per heavy atom. The third kappa shape index (κ3) is 4.59. The average molecular weight is 379 g/mol. The zero-order chi connectivity index (χ0) is 18.5. The second-order valence-electron chi connectivity index (χ2n) is 6.87. The van der Waals surface area contributed by atoms with Crippen molar-refractivity contribution in [3.05, 3.63) is 65.2 Å². The van der Waals surface area contributed by atoms with Gasteiger partial charge in [-0.1, -0.05) is 12.1 Å². The maximum atomic E-state index is 12.7. The van der Waals surface area contributed by atoms with Gasteiger partial charge in [0.15, 0.2) is 0 Å². The number of anilines is 1. The van der Waals surface area contributed by atoms with E-state index in [4.69, 9.17) is 0 Å². The largest absolute Gasteiger partial charge is 0.326 e. The van der Waals surface area contributed by atoms with E-state index in [1.54, 1.807) is 11.3 Å². The summed E-state index contributed by atoms with van der Waals surface area (Å²) in [7, 11) is 0. The number of pyridine rings is 1. The summed E-state index contributed by atoms with van der Waals surface area (Å²) in [6.07, 6.45) is 5.62. The van der Waals surface area contributed by atoms with Crippen LogP contribution < -0.4 is 5.32 Å². The van der Waals surface area contributed by atoms with Crippen molar-refractivity contribution in [1.82, 2.24) is 14.9 Å². The number of hydrogen-bond acceptors (Lipinski definition) is 5. The van der Waals surface area contributed by atoms with Gasteiger partial charge in [0, 0.05) is 42.1 Å². The van der Waals surface area contributed by atoms with Gasteiger partial charge in [-0.3, -0.25) is 14.7 Å². The molecule has 1 unspecified atom stereocenters. The highest BCUT2D eigenvalue weighted by atomic mass is 32.1. The minimum absolute atomic E-state index is 0.0267. The lowest BCUT2D eigenvalue weighted by molar-refractivity contribution is -0.121. The lowest BCUT2D eigenvalue weighted by Gasteiger charge is -2.32. The lowest BCUT2D eigenvalue weighted by atomic mass is 9.96. The van der Waals surface area contributed by atoms with E-state index in [0.717, 1.165) is 49.4 Å². The highest BCUT2D eigenvalue weighted by molar-refractivity contribution is 7.07. The summed E-state index contributed by atoms with van der Waals surface area (Å²) in [5, 5.41) is 5.10. The van der Waals surface area contributed by atoms with Crippen LogP contribution in [0.3, 0.4) is 0 Å². The van der Waals surface area contributed by atoms with Gasteiger partial charge in [-0.25, -0.2) is 4.98 Å². The second kappa shape index (κ2) is 8.41. The van der Waals surface area contributed by atoms with Crippen LogP contribution in [-0.4, -0.2) is 33.9 Å². The molecule has 3 aromatic rings. The molecule has 1 N–H and O–H groups in total. The van der Waals surface area contributed by atoms with Crippen molar-refractivity contribution in [3.8, 4) is 11.3 Å². The number of thiazole rings is 1. The van der Waals surface area contributed by atoms with Crippen molar-refractivity contribution in [2.24, 2.45) is 5.92 Å². The molecular formula is C21H22N4OS. The van der Waals surface area contributed by atoms with Crippen LogP contribution >= 0.6 is 11.3 Å². The zero-order valence-electron chi connectivity index (χ0n) is 15.0. The van der Waals surface area contributed by atoms with Crippen LogP contribution in [-0.2, 0) is 11.3 Å². The molecule has 0 saturated carbocycles. The predicted molar refractivity (Wildman–Crippen MR) is 108 cm³/mol. The van der Waals surface area contributed by atoms with Gasteiger partial charge >= 0.3 is 0 Å². The molecule has 1 saturated heterocycles. The minimum Gasteiger partial charge on any atom is -0.326 e. The van der Waals surface area contributed by atoms with Gasteiger partial charge in [0.05, 0.1) is 17.1 Å². The predicted octanol–water partition coefficient (Wildman–Crippen LogP) is 4.06. The monoisotopic (exact) mass is 378 g/mol. The highest BCUT2D eigenvalue weighted by Crippen LogP contribution is 2.23. The molecule has 0 aliphatic carbocycles. The fourth-order valence-electron chi connectivity index (χ4n) is 3.48. The Balaban J connectivity index is 1.35. The fourth-order valence-corrected chi connectivity index (χ4v) is 4.04. The van der Waals surface area contributed by atoms with Crippen LogP contribution in [0.15, 0.2) is 59.7 Å². The molecule has 0 spiro atoms. The van der Waals surface area contributed by atoms with Crippen molar-refractivity contribution >= 4 is 22.9 Å². The molecule has 4 rings (SSSR count). The summed E-state index contributed by atoms with van der Waals surface area (Å²) in [4.78, 5) is 23.5. The third-order valence-corrected chi connectivity index (χ3v) is 5.50. The molecule has 1 fully saturated rings. The van der Waals surface area contributed by atoms with Gasteiger partial charge in [0.2, 0.25) is 5.91 Å². The Kier molecular flexibility index (Phi) is 5.55. The number of amides is 1. The van der Waals surface area contributed by atoms with Crippen molar-refractivity contribution in [3.63, 3.8) is 0 Å². The molecule has 1 aliphatic heterocycles. The topological polar surface area (TPSA) is 58.1 Å². The summed E-state index contributed by atoms with van der Waals surface area (Å²) < 4.78 is 0. The van der Waals surface area contributed by atoms with Gasteiger partial charge in [0.1, 0.15) is 0 Å². The molecule has 3 heterocycles. The molecule has 27 heavy (non-hydrogen) atoms. The number of carbonyl (C=O) groups excluding carboxylic acids is 1. The van der Waals surface area contributed by atoms with Crippen molar-refractivity contribution in [2.45, 2.75) is 19.4 Å². The standard InChI is InChI=1S/C21H22N4OS/c26-21(24-19-5-3-17(4-6-19)20-14-27-15-23-20)18-2-1-11-25(13-18)12-16-7-9-22-10-8-16/h3-10,14-15,18H,1-2,11-13H2,(H,24,26). The molecule has 138 valence electrons. The molecule has 1 amide bonds. The SMILES string of the molecule is O=C(Nc1ccc(-c2cscn2)cc1)C1CCCN(Cc2ccncc2)C1. The number of nitrogens with zero attached hydrogens (tertiary/aromatic N) is 3. The number of hydrogen-bond donors (Lipinski definition) is 1. The normalized spacial score (nSPS) is 17.6. The fraction of sp³-hybridized carbons (Fsp3) is 0.286. The first-order valence-electron chi connectivity index (χ1n) is 9.19. The summed E-state index contributed by atoms with van der Waals surface area (Å²) >= 11 is 1.58. The Labute approximate surface area is 163 Å². The molecule has 6 heteroatoms. The zero-order valence-corrected chi connectivity index (χ0v) is 15.9. The average Bonchev–Trinajstić information content (AvgIpc) is 3.24. The van der Waals surface area contributed by atoms with Gasteiger partial charge in [-0.05, 0) is 49.2 Å². The van der Waals surface area contributed by atoms with Crippen LogP contribution in [0.1, 0.15) is 18.4 Å². The Morgan fingerprint density at radius 1 is 1.19 bits per heavy atom. The summed E-state index contributed by atoms with van der Waals surface area (Å²) in [6, 6.07) is 12.0. The first-order valence-corrected chi connectivity index (χ1v) is 10.1. The van der Waals surface area contributed by atoms with Crippen LogP contribution in [0.5, 0.6) is 0 Å². The molecule has 2 aromatic heterocycles. The summed E-state index contributed by atoms with van der Waals surface area (Å²) in [5.74, 6) is 0.134. The van der Waals surface area contributed by atoms with Crippen LogP contribution in [0, 0.1) is 5.92 Å². The summed E-state index contributed by atoms with van der Waals surface area (Å²) in [5.41, 5.74) is 5.94. The maximum Gasteiger partial charge on any atom is 0.228 e. The van der Waals surface area contributed by atoms with Crippen molar-refractivity contribution in [2.75, 3.05) is 18.4 Å². The minimum atomic E-state index is 0.0267. The van der Waals surface area contributed by atoms with E-state index in [2.05, 4.69) is 20.2 Å². The van der Waals surface area contributed by atoms with Gasteiger partial charge < -0.3 is 5.32 Å². The van der Waals surface area contributed by atoms with E-state index in [9.17, 15) is 4.79 Å². The number of benzene rings is 1. The van der Waals surface area contributed by atoms with Crippen LogP contribution in [0.2, 0.25) is 0 Å². The Bertz CT molecular complexity index is 865. The second-order valence-corrected chi connectivity index (χ2v) is 7.59. The molecule has 1 atom stereocenters. The quantitative estimate of drug-likeness (QED) is 0.727. The van der Waals surface area contributed by atoms with Crippen molar-refractivity contribution in [1.29, 1.82) is 0 Å². The van der Waals surface area contributed by atoms with Crippen molar-refractivity contribution < 1.29 is 4.79 Å². The van der Waals surface area contributed by atoms with Gasteiger partial charge in [-0.2, -0.15) is 0 Å². The summed E-state index contributed by atoms with van der Waals surface area (Å²) in [6.45, 7) is 2.70. The molecule has 1 aromatic carbocycles. The molecular weight excluding hydrogens is 356 g/mol. The first-order chi connectivity index (χ1) is 13.3. The van der Waals surface area contributed by atoms with Crippen LogP contribution in [0.25, 0.3) is 11.3 Å². The van der Waals surface area contributed by atoms with E-state index >= 15 is 0 Å². The molecule has 0 radical (unpaired) electrons. The molecule has 0 bridgehead atoms. The number of carbonyl (C=O) groups is 1. The number of piperidine rings is 1. The van der Waals surface area contributed by atoms with Gasteiger partial charge in [-0.15, -0.1) is 11.3 Å². The maximum absolute atomic E-state index is 12.7. The number of nitrogens with one attached hydrogen (secondary N) is 1. The van der Waals surface area contributed by atoms with E-state index in [-0.39, 0.29) is 11.8 Å². The van der Waals surface area contributed by atoms with E-state index in [1.165, 1.54) is 5.56 Å². The smallest absolute Gasteiger partial charge is 0.228 e. The highest BCUT2D eigenvalue weighted by Gasteiger charge is 2.25. The van der Waals surface area contributed by atoms with E-state index in [1.807, 2.05) is 59.7 Å². The number of likely N-dealkylation sites (tertiary alicyclic amines) is 1. The Hall–Kier alpha value is -2.57. The van der Waals surface area contributed by atoms with E-state index in [0.29, 0.717) is 0 Å². The lowest BCUT2D eigenvalue weighted by Crippen LogP contribution is -2.40. The third-order valence-electron chi connectivity index (χ3n) is 4.91. The molecule has 1 aliphatic rings. The van der Waals surface area contributed by atoms with Crippen LogP contribution in [0.4, 0.5) is 5.69 Å². The number of aromatic nitrogens is 2. The number of rotatable bonds is 5. The first kappa shape index (κ1) is 17.8. The Morgan fingerprint density at radius 2 is 2.00 bits per heavy atom.